The van der Waals surface area contributed by atoms with Crippen LogP contribution in [0.4, 0.5) is 5.69 Å². The number of likely N-dealkylation sites (tertiary alicyclic amines) is 1. The summed E-state index contributed by atoms with van der Waals surface area (Å²) >= 11 is 0. The number of hydrogen-bond donors (Lipinski definition) is 1. The van der Waals surface area contributed by atoms with Crippen LogP contribution in [0.5, 0.6) is 5.75 Å². The normalized spacial score (nSPS) is 16.9. The third-order valence-electron chi connectivity index (χ3n) is 6.54. The highest BCUT2D eigenvalue weighted by atomic mass is 16.5. The predicted molar refractivity (Wildman–Crippen MR) is 126 cm³/mol. The van der Waals surface area contributed by atoms with Crippen molar-refractivity contribution in [2.75, 3.05) is 44.7 Å². The summed E-state index contributed by atoms with van der Waals surface area (Å²) in [4.78, 5) is 17.7. The highest BCUT2D eigenvalue weighted by Gasteiger charge is 2.26. The molecular weight excluding hydrogens is 386 g/mol. The second kappa shape index (κ2) is 10.2. The molecule has 2 heterocycles. The first-order valence-electron chi connectivity index (χ1n) is 11.7. The highest BCUT2D eigenvalue weighted by molar-refractivity contribution is 5.94. The second-order valence-corrected chi connectivity index (χ2v) is 8.75. The topological polar surface area (TPSA) is 44.8 Å². The van der Waals surface area contributed by atoms with Crippen molar-refractivity contribution >= 4 is 11.6 Å². The minimum Gasteiger partial charge on any atom is -0.494 e. The third-order valence-corrected chi connectivity index (χ3v) is 6.54. The number of amides is 1. The van der Waals surface area contributed by atoms with Crippen molar-refractivity contribution in [3.63, 3.8) is 0 Å². The number of carbonyl (C=O) groups excluding carboxylic acids is 1. The molecule has 0 bridgehead atoms. The van der Waals surface area contributed by atoms with Gasteiger partial charge >= 0.3 is 0 Å². The molecule has 2 aromatic rings. The molecule has 2 aliphatic heterocycles. The quantitative estimate of drug-likeness (QED) is 0.609. The number of nitrogens with one attached hydrogen (secondary N) is 1. The number of carbonyl (C=O) groups is 1. The first kappa shape index (κ1) is 21.7. The maximum Gasteiger partial charge on any atom is 0.251 e. The molecule has 1 amide bonds. The van der Waals surface area contributed by atoms with Gasteiger partial charge in [-0.05, 0) is 80.2 Å². The van der Waals surface area contributed by atoms with Gasteiger partial charge in [-0.25, -0.2) is 0 Å². The zero-order chi connectivity index (χ0) is 21.6. The fourth-order valence-corrected chi connectivity index (χ4v) is 4.63. The van der Waals surface area contributed by atoms with Gasteiger partial charge in [-0.2, -0.15) is 0 Å². The number of benzene rings is 2. The maximum absolute atomic E-state index is 12.8. The Labute approximate surface area is 186 Å². The van der Waals surface area contributed by atoms with Gasteiger partial charge in [0.2, 0.25) is 0 Å². The largest absolute Gasteiger partial charge is 0.494 e. The van der Waals surface area contributed by atoms with E-state index in [1.54, 1.807) is 0 Å². The number of hydrogen-bond acceptors (Lipinski definition) is 4. The molecule has 4 rings (SSSR count). The van der Waals surface area contributed by atoms with Crippen molar-refractivity contribution in [3.05, 3.63) is 59.2 Å². The Bertz CT molecular complexity index is 875. The van der Waals surface area contributed by atoms with E-state index in [9.17, 15) is 4.79 Å². The van der Waals surface area contributed by atoms with Gasteiger partial charge in [0.25, 0.3) is 5.91 Å². The summed E-state index contributed by atoms with van der Waals surface area (Å²) in [5.41, 5.74) is 4.76. The Kier molecular flexibility index (Phi) is 7.13. The summed E-state index contributed by atoms with van der Waals surface area (Å²) in [7, 11) is 2.16. The van der Waals surface area contributed by atoms with Crippen molar-refractivity contribution in [1.82, 2.24) is 10.2 Å². The molecule has 0 spiro atoms. The van der Waals surface area contributed by atoms with Crippen molar-refractivity contribution in [3.8, 4) is 5.75 Å². The molecule has 1 N–H and O–H groups in total. The van der Waals surface area contributed by atoms with E-state index in [0.29, 0.717) is 12.1 Å². The summed E-state index contributed by atoms with van der Waals surface area (Å²) in [6.45, 7) is 6.77. The molecule has 1 saturated heterocycles. The van der Waals surface area contributed by atoms with E-state index in [-0.39, 0.29) is 11.9 Å². The monoisotopic (exact) mass is 421 g/mol. The second-order valence-electron chi connectivity index (χ2n) is 8.75. The van der Waals surface area contributed by atoms with Crippen LogP contribution in [0.1, 0.15) is 60.1 Å². The molecular formula is C26H35N3O2. The summed E-state index contributed by atoms with van der Waals surface area (Å²) in [6, 6.07) is 14.6. The lowest BCUT2D eigenvalue weighted by atomic mass is 10.0. The third kappa shape index (κ3) is 5.21. The zero-order valence-corrected chi connectivity index (χ0v) is 18.9. The van der Waals surface area contributed by atoms with Crippen LogP contribution in [0.25, 0.3) is 0 Å². The van der Waals surface area contributed by atoms with Gasteiger partial charge in [0.15, 0.2) is 0 Å². The summed E-state index contributed by atoms with van der Waals surface area (Å²) in [5.74, 6) is 0.799. The molecule has 0 aliphatic carbocycles. The standard InChI is InChI=1S/C26H35N3O2/c1-3-4-17-31-23-10-7-20(8-11-23)26(30)27-19-25(29-14-5-6-15-29)21-9-12-24-22(18-21)13-16-28(24)2/h7-12,18,25H,3-6,13-17,19H2,1-2H3,(H,27,30)/t25-/m1/s1. The maximum atomic E-state index is 12.8. The predicted octanol–water partition coefficient (Wildman–Crippen LogP) is 4.42. The molecule has 5 heteroatoms. The van der Waals surface area contributed by atoms with Crippen LogP contribution >= 0.6 is 0 Å². The number of fused-ring (bicyclic) bond motifs is 1. The minimum absolute atomic E-state index is 0.0230. The zero-order valence-electron chi connectivity index (χ0n) is 18.9. The van der Waals surface area contributed by atoms with Crippen LogP contribution in [0, 0.1) is 0 Å². The average Bonchev–Trinajstić information content (AvgIpc) is 3.45. The molecule has 0 saturated carbocycles. The van der Waals surface area contributed by atoms with Gasteiger partial charge in [-0.15, -0.1) is 0 Å². The van der Waals surface area contributed by atoms with Gasteiger partial charge < -0.3 is 15.0 Å². The number of nitrogens with zero attached hydrogens (tertiary/aromatic N) is 2. The first-order valence-corrected chi connectivity index (χ1v) is 11.7. The number of rotatable bonds is 9. The fraction of sp³-hybridized carbons (Fsp3) is 0.500. The lowest BCUT2D eigenvalue weighted by molar-refractivity contribution is 0.0938. The summed E-state index contributed by atoms with van der Waals surface area (Å²) in [6.07, 6.45) is 5.72. The van der Waals surface area contributed by atoms with E-state index in [2.05, 4.69) is 47.3 Å². The van der Waals surface area contributed by atoms with Crippen molar-refractivity contribution in [1.29, 1.82) is 0 Å². The van der Waals surface area contributed by atoms with E-state index in [0.717, 1.165) is 51.3 Å². The van der Waals surface area contributed by atoms with Crippen molar-refractivity contribution < 1.29 is 9.53 Å². The molecule has 2 aromatic carbocycles. The Hall–Kier alpha value is -2.53. The van der Waals surface area contributed by atoms with Crippen LogP contribution in [0.2, 0.25) is 0 Å². The van der Waals surface area contributed by atoms with E-state index >= 15 is 0 Å². The molecule has 0 unspecified atom stereocenters. The Balaban J connectivity index is 1.41. The SMILES string of the molecule is CCCCOc1ccc(C(=O)NC[C@H](c2ccc3c(c2)CCN3C)N2CCCC2)cc1. The molecule has 0 radical (unpaired) electrons. The molecule has 2 aliphatic rings. The number of anilines is 1. The van der Waals surface area contributed by atoms with Crippen molar-refractivity contribution in [2.45, 2.75) is 45.1 Å². The fourth-order valence-electron chi connectivity index (χ4n) is 4.63. The summed E-state index contributed by atoms with van der Waals surface area (Å²) < 4.78 is 5.71. The molecule has 0 aromatic heterocycles. The molecule has 5 nitrogen and oxygen atoms in total. The Morgan fingerprint density at radius 1 is 1.10 bits per heavy atom. The van der Waals surface area contributed by atoms with E-state index < -0.39 is 0 Å². The van der Waals surface area contributed by atoms with E-state index in [4.69, 9.17) is 4.74 Å². The lowest BCUT2D eigenvalue weighted by Gasteiger charge is -2.29. The Morgan fingerprint density at radius 3 is 2.61 bits per heavy atom. The highest BCUT2D eigenvalue weighted by Crippen LogP contribution is 2.32. The van der Waals surface area contributed by atoms with Crippen LogP contribution in [-0.2, 0) is 6.42 Å². The van der Waals surface area contributed by atoms with Gasteiger partial charge in [-0.3, -0.25) is 9.69 Å². The number of unbranched alkanes of at least 4 members (excludes halogenated alkanes) is 1. The van der Waals surface area contributed by atoms with Gasteiger partial charge in [-0.1, -0.05) is 25.5 Å². The van der Waals surface area contributed by atoms with Crippen LogP contribution < -0.4 is 15.0 Å². The van der Waals surface area contributed by atoms with Crippen LogP contribution in [0.3, 0.4) is 0 Å². The lowest BCUT2D eigenvalue weighted by Crippen LogP contribution is -2.36. The van der Waals surface area contributed by atoms with Gasteiger partial charge in [0, 0.05) is 31.4 Å². The molecule has 31 heavy (non-hydrogen) atoms. The summed E-state index contributed by atoms with van der Waals surface area (Å²) in [5, 5.41) is 3.19. The number of likely N-dealkylation sites (N-methyl/N-ethyl adjacent to an activating group) is 1. The first-order chi connectivity index (χ1) is 15.2. The van der Waals surface area contributed by atoms with Crippen molar-refractivity contribution in [2.24, 2.45) is 0 Å². The smallest absolute Gasteiger partial charge is 0.251 e. The number of ether oxygens (including phenoxy) is 1. The Morgan fingerprint density at radius 2 is 1.87 bits per heavy atom. The van der Waals surface area contributed by atoms with Crippen LogP contribution in [0.15, 0.2) is 42.5 Å². The molecule has 166 valence electrons. The van der Waals surface area contributed by atoms with Crippen LogP contribution in [-0.4, -0.2) is 50.6 Å². The van der Waals surface area contributed by atoms with Gasteiger partial charge in [0.1, 0.15) is 5.75 Å². The molecule has 1 atom stereocenters. The van der Waals surface area contributed by atoms with Gasteiger partial charge in [0.05, 0.1) is 12.6 Å². The van der Waals surface area contributed by atoms with E-state index in [1.807, 2.05) is 24.3 Å². The average molecular weight is 422 g/mol. The molecule has 1 fully saturated rings. The minimum atomic E-state index is -0.0230. The van der Waals surface area contributed by atoms with E-state index in [1.165, 1.54) is 29.7 Å².